The summed E-state index contributed by atoms with van der Waals surface area (Å²) in [5.74, 6) is 1.01. The second-order valence-electron chi connectivity index (χ2n) is 7.58. The fourth-order valence-corrected chi connectivity index (χ4v) is 6.22. The molecule has 0 spiro atoms. The van der Waals surface area contributed by atoms with E-state index in [1.54, 1.807) is 0 Å². The van der Waals surface area contributed by atoms with Gasteiger partial charge in [-0.2, -0.15) is 0 Å². The molecule has 0 aromatic rings. The third-order valence-electron chi connectivity index (χ3n) is 7.17. The molecule has 118 valence electrons. The van der Waals surface area contributed by atoms with Crippen LogP contribution in [0.5, 0.6) is 0 Å². The van der Waals surface area contributed by atoms with Gasteiger partial charge in [0.25, 0.3) is 0 Å². The van der Waals surface area contributed by atoms with E-state index in [4.69, 9.17) is 9.47 Å². The van der Waals surface area contributed by atoms with Crippen LogP contribution in [0.3, 0.4) is 0 Å². The lowest BCUT2D eigenvalue weighted by atomic mass is 9.68. The van der Waals surface area contributed by atoms with Crippen LogP contribution in [0.1, 0.15) is 13.8 Å². The van der Waals surface area contributed by atoms with Crippen molar-refractivity contribution in [1.82, 2.24) is 0 Å². The van der Waals surface area contributed by atoms with Gasteiger partial charge in [0.2, 0.25) is 0 Å². The largest absolute Gasteiger partial charge is 0.469 e. The zero-order valence-electron chi connectivity index (χ0n) is 13.4. The minimum atomic E-state index is -0.516. The van der Waals surface area contributed by atoms with Crippen molar-refractivity contribution in [3.8, 4) is 0 Å². The van der Waals surface area contributed by atoms with Gasteiger partial charge in [-0.1, -0.05) is 24.3 Å². The highest BCUT2D eigenvalue weighted by Crippen LogP contribution is 2.74. The van der Waals surface area contributed by atoms with Crippen molar-refractivity contribution in [3.05, 3.63) is 24.3 Å². The van der Waals surface area contributed by atoms with E-state index in [9.17, 15) is 9.59 Å². The van der Waals surface area contributed by atoms with Crippen LogP contribution in [0, 0.1) is 46.3 Å². The molecule has 0 saturated heterocycles. The number of hydrogen-bond acceptors (Lipinski definition) is 4. The smallest absolute Gasteiger partial charge is 0.312 e. The molecule has 2 unspecified atom stereocenters. The lowest BCUT2D eigenvalue weighted by Gasteiger charge is -2.35. The standard InChI is InChI=1S/C18H22O4/c1-17(15(19)21-3)9-5-7-11-13(9)14-10(17)6-8-12(14)18(11,2)16(20)22-4/h5-14H,1-4H3/t9-,10+,11-,12+,13?,14?,17?,18?. The molecule has 4 heteroatoms. The Bertz CT molecular complexity index is 535. The van der Waals surface area contributed by atoms with Gasteiger partial charge < -0.3 is 9.47 Å². The zero-order valence-corrected chi connectivity index (χ0v) is 13.4. The summed E-state index contributed by atoms with van der Waals surface area (Å²) in [6, 6.07) is 0. The third-order valence-corrected chi connectivity index (χ3v) is 7.17. The van der Waals surface area contributed by atoms with Crippen LogP contribution in [0.2, 0.25) is 0 Å². The first-order valence-corrected chi connectivity index (χ1v) is 7.95. The van der Waals surface area contributed by atoms with E-state index >= 15 is 0 Å². The molecule has 6 atom stereocenters. The molecule has 0 N–H and O–H groups in total. The Labute approximate surface area is 130 Å². The Morgan fingerprint density at radius 2 is 1.00 bits per heavy atom. The molecule has 4 rings (SSSR count). The molecular weight excluding hydrogens is 280 g/mol. The third kappa shape index (κ3) is 1.19. The molecule has 0 bridgehead atoms. The second-order valence-corrected chi connectivity index (χ2v) is 7.58. The van der Waals surface area contributed by atoms with Crippen molar-refractivity contribution in [2.24, 2.45) is 46.3 Å². The number of hydrogen-bond donors (Lipinski definition) is 0. The van der Waals surface area contributed by atoms with Gasteiger partial charge in [0.15, 0.2) is 0 Å². The molecule has 0 aromatic carbocycles. The van der Waals surface area contributed by atoms with Crippen LogP contribution in [0.25, 0.3) is 0 Å². The first-order valence-electron chi connectivity index (χ1n) is 7.95. The van der Waals surface area contributed by atoms with E-state index in [1.165, 1.54) is 14.2 Å². The molecule has 2 fully saturated rings. The van der Waals surface area contributed by atoms with E-state index in [-0.39, 0.29) is 35.6 Å². The lowest BCUT2D eigenvalue weighted by molar-refractivity contribution is -0.157. The maximum absolute atomic E-state index is 12.5. The van der Waals surface area contributed by atoms with Crippen LogP contribution < -0.4 is 0 Å². The molecular formula is C18H22O4. The molecule has 4 aliphatic rings. The van der Waals surface area contributed by atoms with Crippen LogP contribution in [0.4, 0.5) is 0 Å². The van der Waals surface area contributed by atoms with Crippen molar-refractivity contribution < 1.29 is 19.1 Å². The Morgan fingerprint density at radius 3 is 1.23 bits per heavy atom. The lowest BCUT2D eigenvalue weighted by Crippen LogP contribution is -2.42. The summed E-state index contributed by atoms with van der Waals surface area (Å²) < 4.78 is 10.3. The molecule has 0 aromatic heterocycles. The SMILES string of the molecule is COC(=O)C1(C)[C@@H]2C=C[C@@H]3C2C2[C@@H]1C=C[C@@H]2C3(C)C(=O)OC. The van der Waals surface area contributed by atoms with Gasteiger partial charge in [0, 0.05) is 0 Å². The number of carbonyl (C=O) groups is 2. The van der Waals surface area contributed by atoms with Crippen LogP contribution >= 0.6 is 0 Å². The predicted octanol–water partition coefficient (Wildman–Crippen LogP) is 2.21. The Hall–Kier alpha value is -1.58. The van der Waals surface area contributed by atoms with Crippen LogP contribution in [-0.2, 0) is 19.1 Å². The molecule has 2 saturated carbocycles. The summed E-state index contributed by atoms with van der Waals surface area (Å²) in [5, 5.41) is 0. The highest BCUT2D eigenvalue weighted by Gasteiger charge is 2.75. The fourth-order valence-electron chi connectivity index (χ4n) is 6.22. The summed E-state index contributed by atoms with van der Waals surface area (Å²) >= 11 is 0. The summed E-state index contributed by atoms with van der Waals surface area (Å²) in [4.78, 5) is 25.0. The number of rotatable bonds is 2. The van der Waals surface area contributed by atoms with Crippen molar-refractivity contribution in [1.29, 1.82) is 0 Å². The van der Waals surface area contributed by atoms with E-state index < -0.39 is 10.8 Å². The molecule has 4 nitrogen and oxygen atoms in total. The van der Waals surface area contributed by atoms with Gasteiger partial charge in [0.1, 0.15) is 0 Å². The number of allylic oxidation sites excluding steroid dienone is 4. The first-order chi connectivity index (χ1) is 10.4. The highest BCUT2D eigenvalue weighted by atomic mass is 16.5. The van der Waals surface area contributed by atoms with Gasteiger partial charge in [0.05, 0.1) is 25.0 Å². The predicted molar refractivity (Wildman–Crippen MR) is 79.5 cm³/mol. The first kappa shape index (κ1) is 14.0. The second kappa shape index (κ2) is 4.03. The Balaban J connectivity index is 1.84. The zero-order chi connectivity index (χ0) is 15.9. The number of methoxy groups -OCH3 is 2. The van der Waals surface area contributed by atoms with Crippen LogP contribution in [-0.4, -0.2) is 26.2 Å². The molecule has 0 heterocycles. The highest BCUT2D eigenvalue weighted by molar-refractivity contribution is 5.82. The molecule has 0 aliphatic heterocycles. The Morgan fingerprint density at radius 1 is 0.727 bits per heavy atom. The number of esters is 2. The summed E-state index contributed by atoms with van der Waals surface area (Å²) in [6.45, 7) is 4.06. The van der Waals surface area contributed by atoms with Crippen molar-refractivity contribution in [2.75, 3.05) is 14.2 Å². The van der Waals surface area contributed by atoms with Gasteiger partial charge in [-0.25, -0.2) is 0 Å². The van der Waals surface area contributed by atoms with Crippen molar-refractivity contribution in [2.45, 2.75) is 13.8 Å². The average Bonchev–Trinajstić information content (AvgIpc) is 3.22. The summed E-state index contributed by atoms with van der Waals surface area (Å²) in [5.41, 5.74) is -1.03. The maximum atomic E-state index is 12.5. The van der Waals surface area contributed by atoms with Crippen molar-refractivity contribution in [3.63, 3.8) is 0 Å². The Kier molecular flexibility index (Phi) is 2.57. The van der Waals surface area contributed by atoms with Crippen molar-refractivity contribution >= 4 is 11.9 Å². The summed E-state index contributed by atoms with van der Waals surface area (Å²) in [6.07, 6.45) is 8.59. The van der Waals surface area contributed by atoms with E-state index in [2.05, 4.69) is 24.3 Å². The van der Waals surface area contributed by atoms with Gasteiger partial charge in [-0.3, -0.25) is 9.59 Å². The van der Waals surface area contributed by atoms with Gasteiger partial charge in [-0.15, -0.1) is 0 Å². The normalized spacial score (nSPS) is 52.9. The maximum Gasteiger partial charge on any atom is 0.312 e. The minimum Gasteiger partial charge on any atom is -0.469 e. The number of carbonyl (C=O) groups excluding carboxylic acids is 2. The fraction of sp³-hybridized carbons (Fsp3) is 0.667. The topological polar surface area (TPSA) is 52.6 Å². The average molecular weight is 302 g/mol. The van der Waals surface area contributed by atoms with E-state index in [1.807, 2.05) is 13.8 Å². The summed E-state index contributed by atoms with van der Waals surface area (Å²) in [7, 11) is 2.93. The molecule has 22 heavy (non-hydrogen) atoms. The molecule has 4 aliphatic carbocycles. The minimum absolute atomic E-state index is 0.132. The van der Waals surface area contributed by atoms with Gasteiger partial charge in [-0.05, 0) is 49.4 Å². The van der Waals surface area contributed by atoms with Gasteiger partial charge >= 0.3 is 11.9 Å². The monoisotopic (exact) mass is 302 g/mol. The van der Waals surface area contributed by atoms with Crippen LogP contribution in [0.15, 0.2) is 24.3 Å². The van der Waals surface area contributed by atoms with E-state index in [0.29, 0.717) is 11.8 Å². The van der Waals surface area contributed by atoms with E-state index in [0.717, 1.165) is 0 Å². The molecule has 0 amide bonds. The molecule has 0 radical (unpaired) electrons. The quantitative estimate of drug-likeness (QED) is 0.580. The number of ether oxygens (including phenoxy) is 2.